The van der Waals surface area contributed by atoms with Gasteiger partial charge in [-0.15, -0.1) is 0 Å². The van der Waals surface area contributed by atoms with Crippen LogP contribution in [0.2, 0.25) is 0 Å². The molecule has 0 aliphatic carbocycles. The first-order chi connectivity index (χ1) is 9.15. The Morgan fingerprint density at radius 1 is 1.37 bits per heavy atom. The van der Waals surface area contributed by atoms with Gasteiger partial charge in [0.1, 0.15) is 5.84 Å². The number of aliphatic hydroxyl groups excluding tert-OH is 1. The second-order valence-electron chi connectivity index (χ2n) is 4.68. The van der Waals surface area contributed by atoms with Crippen molar-refractivity contribution in [2.45, 2.75) is 31.8 Å². The van der Waals surface area contributed by atoms with Crippen LogP contribution in [-0.4, -0.2) is 35.3 Å². The Labute approximate surface area is 114 Å². The minimum absolute atomic E-state index is 0.141. The van der Waals surface area contributed by atoms with Crippen molar-refractivity contribution in [2.24, 2.45) is 10.9 Å². The van der Waals surface area contributed by atoms with Crippen LogP contribution in [0.4, 0.5) is 0 Å². The zero-order chi connectivity index (χ0) is 14.1. The van der Waals surface area contributed by atoms with E-state index in [-0.39, 0.29) is 17.9 Å². The number of hydrogen-bond donors (Lipinski definition) is 4. The van der Waals surface area contributed by atoms with Crippen LogP contribution in [0.3, 0.4) is 0 Å². The van der Waals surface area contributed by atoms with Gasteiger partial charge in [-0.05, 0) is 31.9 Å². The van der Waals surface area contributed by atoms with Gasteiger partial charge >= 0.3 is 0 Å². The van der Waals surface area contributed by atoms with E-state index >= 15 is 0 Å². The Kier molecular flexibility index (Phi) is 6.92. The molecule has 0 heterocycles. The molecular formula is C14H23N3O2. The van der Waals surface area contributed by atoms with Crippen LogP contribution >= 0.6 is 0 Å². The number of rotatable bonds is 8. The fraction of sp³-hybridized carbons (Fsp3) is 0.500. The van der Waals surface area contributed by atoms with E-state index in [0.717, 1.165) is 24.9 Å². The largest absolute Gasteiger partial charge is 0.409 e. The van der Waals surface area contributed by atoms with Crippen LogP contribution < -0.4 is 11.1 Å². The van der Waals surface area contributed by atoms with Gasteiger partial charge in [0.25, 0.3) is 0 Å². The molecule has 0 saturated heterocycles. The van der Waals surface area contributed by atoms with E-state index in [1.807, 2.05) is 30.3 Å². The second-order valence-corrected chi connectivity index (χ2v) is 4.68. The summed E-state index contributed by atoms with van der Waals surface area (Å²) in [6, 6.07) is 9.71. The first-order valence-electron chi connectivity index (χ1n) is 6.56. The first-order valence-corrected chi connectivity index (χ1v) is 6.56. The number of nitrogens with one attached hydrogen (secondary N) is 1. The summed E-state index contributed by atoms with van der Waals surface area (Å²) < 4.78 is 0. The molecule has 1 aromatic carbocycles. The van der Waals surface area contributed by atoms with Gasteiger partial charge in [-0.1, -0.05) is 35.5 Å². The molecule has 2 unspecified atom stereocenters. The minimum Gasteiger partial charge on any atom is -0.409 e. The molecule has 0 aliphatic rings. The van der Waals surface area contributed by atoms with Gasteiger partial charge in [0.2, 0.25) is 0 Å². The summed E-state index contributed by atoms with van der Waals surface area (Å²) in [5.74, 6) is 0.0620. The van der Waals surface area contributed by atoms with Crippen LogP contribution in [0.1, 0.15) is 31.2 Å². The summed E-state index contributed by atoms with van der Waals surface area (Å²) >= 11 is 0. The summed E-state index contributed by atoms with van der Waals surface area (Å²) in [5.41, 5.74) is 6.75. The molecule has 19 heavy (non-hydrogen) atoms. The number of amidine groups is 1. The third kappa shape index (κ3) is 5.72. The number of nitrogens with two attached hydrogens (primary N) is 1. The van der Waals surface area contributed by atoms with Crippen molar-refractivity contribution < 1.29 is 10.3 Å². The molecule has 1 aromatic rings. The second kappa shape index (κ2) is 8.50. The Hall–Kier alpha value is -1.59. The van der Waals surface area contributed by atoms with Crippen LogP contribution in [0.15, 0.2) is 35.5 Å². The quantitative estimate of drug-likeness (QED) is 0.187. The Morgan fingerprint density at radius 3 is 2.63 bits per heavy atom. The average molecular weight is 265 g/mol. The zero-order valence-corrected chi connectivity index (χ0v) is 11.3. The molecular weight excluding hydrogens is 242 g/mol. The SMILES string of the molecule is CC(O)CCCNCC(/C(N)=N/O)c1ccccc1. The van der Waals surface area contributed by atoms with Crippen LogP contribution in [-0.2, 0) is 0 Å². The van der Waals surface area contributed by atoms with Gasteiger partial charge in [-0.3, -0.25) is 0 Å². The lowest BCUT2D eigenvalue weighted by Gasteiger charge is -2.17. The highest BCUT2D eigenvalue weighted by Gasteiger charge is 2.15. The van der Waals surface area contributed by atoms with Crippen LogP contribution in [0.5, 0.6) is 0 Å². The number of nitrogens with zero attached hydrogens (tertiary/aromatic N) is 1. The predicted octanol–water partition coefficient (Wildman–Crippen LogP) is 1.27. The van der Waals surface area contributed by atoms with E-state index in [9.17, 15) is 0 Å². The molecule has 0 amide bonds. The molecule has 0 aromatic heterocycles. The maximum absolute atomic E-state index is 9.17. The van der Waals surface area contributed by atoms with Crippen molar-refractivity contribution in [2.75, 3.05) is 13.1 Å². The lowest BCUT2D eigenvalue weighted by atomic mass is 9.98. The van der Waals surface area contributed by atoms with Crippen molar-refractivity contribution in [1.82, 2.24) is 5.32 Å². The highest BCUT2D eigenvalue weighted by molar-refractivity contribution is 5.87. The van der Waals surface area contributed by atoms with Crippen LogP contribution in [0, 0.1) is 0 Å². The molecule has 106 valence electrons. The maximum Gasteiger partial charge on any atom is 0.147 e. The monoisotopic (exact) mass is 265 g/mol. The van der Waals surface area contributed by atoms with Gasteiger partial charge in [-0.2, -0.15) is 0 Å². The zero-order valence-electron chi connectivity index (χ0n) is 11.3. The predicted molar refractivity (Wildman–Crippen MR) is 76.4 cm³/mol. The highest BCUT2D eigenvalue weighted by atomic mass is 16.4. The van der Waals surface area contributed by atoms with E-state index in [1.165, 1.54) is 0 Å². The molecule has 5 heteroatoms. The normalized spacial score (nSPS) is 15.2. The lowest BCUT2D eigenvalue weighted by Crippen LogP contribution is -2.32. The van der Waals surface area contributed by atoms with Gasteiger partial charge in [-0.25, -0.2) is 0 Å². The van der Waals surface area contributed by atoms with Gasteiger partial charge < -0.3 is 21.4 Å². The smallest absolute Gasteiger partial charge is 0.147 e. The third-order valence-corrected chi connectivity index (χ3v) is 3.00. The molecule has 0 aliphatic heterocycles. The van der Waals surface area contributed by atoms with Gasteiger partial charge in [0.15, 0.2) is 0 Å². The Balaban J connectivity index is 2.48. The minimum atomic E-state index is -0.268. The number of aliphatic hydroxyl groups is 1. The average Bonchev–Trinajstić information content (AvgIpc) is 2.42. The number of oxime groups is 1. The first kappa shape index (κ1) is 15.5. The van der Waals surface area contributed by atoms with Crippen molar-refractivity contribution in [3.05, 3.63) is 35.9 Å². The lowest BCUT2D eigenvalue weighted by molar-refractivity contribution is 0.181. The topological polar surface area (TPSA) is 90.9 Å². The fourth-order valence-corrected chi connectivity index (χ4v) is 1.92. The van der Waals surface area contributed by atoms with Crippen molar-refractivity contribution in [3.8, 4) is 0 Å². The molecule has 2 atom stereocenters. The Morgan fingerprint density at radius 2 is 2.05 bits per heavy atom. The summed E-state index contributed by atoms with van der Waals surface area (Å²) in [6.45, 7) is 3.19. The van der Waals surface area contributed by atoms with E-state index in [0.29, 0.717) is 6.54 Å². The summed E-state index contributed by atoms with van der Waals surface area (Å²) in [4.78, 5) is 0. The highest BCUT2D eigenvalue weighted by Crippen LogP contribution is 2.14. The standard InChI is InChI=1S/C14H23N3O2/c1-11(18)6-5-9-16-10-13(14(15)17-19)12-7-3-2-4-8-12/h2-4,7-8,11,13,16,18-19H,5-6,9-10H2,1H3,(H2,15,17). The molecule has 5 nitrogen and oxygen atoms in total. The molecule has 0 spiro atoms. The molecule has 0 fully saturated rings. The summed E-state index contributed by atoms with van der Waals surface area (Å²) in [7, 11) is 0. The van der Waals surface area contributed by atoms with E-state index in [2.05, 4.69) is 10.5 Å². The number of benzene rings is 1. The van der Waals surface area contributed by atoms with Crippen LogP contribution in [0.25, 0.3) is 0 Å². The summed E-state index contributed by atoms with van der Waals surface area (Å²) in [5, 5.41) is 24.4. The van der Waals surface area contributed by atoms with Gasteiger partial charge in [0.05, 0.1) is 12.0 Å². The molecule has 0 radical (unpaired) electrons. The van der Waals surface area contributed by atoms with E-state index in [4.69, 9.17) is 16.0 Å². The Bertz CT molecular complexity index is 380. The molecule has 0 saturated carbocycles. The van der Waals surface area contributed by atoms with E-state index in [1.54, 1.807) is 6.92 Å². The number of hydrogen-bond acceptors (Lipinski definition) is 4. The van der Waals surface area contributed by atoms with Gasteiger partial charge in [0, 0.05) is 6.54 Å². The van der Waals surface area contributed by atoms with E-state index < -0.39 is 0 Å². The molecule has 0 bridgehead atoms. The van der Waals surface area contributed by atoms with Crippen molar-refractivity contribution in [1.29, 1.82) is 0 Å². The third-order valence-electron chi connectivity index (χ3n) is 3.00. The summed E-state index contributed by atoms with van der Waals surface area (Å²) in [6.07, 6.45) is 1.40. The molecule has 1 rings (SSSR count). The fourth-order valence-electron chi connectivity index (χ4n) is 1.92. The molecule has 5 N–H and O–H groups in total. The maximum atomic E-state index is 9.17. The van der Waals surface area contributed by atoms with Crippen molar-refractivity contribution in [3.63, 3.8) is 0 Å². The van der Waals surface area contributed by atoms with Crippen molar-refractivity contribution >= 4 is 5.84 Å².